The summed E-state index contributed by atoms with van der Waals surface area (Å²) in [6.07, 6.45) is 39.0. The van der Waals surface area contributed by atoms with Crippen molar-refractivity contribution in [3.63, 3.8) is 0 Å². The highest BCUT2D eigenvalue weighted by Crippen LogP contribution is 2.43. The maximum Gasteiger partial charge on any atom is 0.472 e. The third-order valence-electron chi connectivity index (χ3n) is 8.96. The van der Waals surface area contributed by atoms with Crippen LogP contribution in [0.5, 0.6) is 0 Å². The number of hydrogen-bond donors (Lipinski definition) is 6. The molecule has 0 aromatic rings. The van der Waals surface area contributed by atoms with Crippen LogP contribution in [0, 0.1) is 0 Å². The number of ether oxygens (including phenoxy) is 2. The molecule has 0 aliphatic heterocycles. The lowest BCUT2D eigenvalue weighted by Gasteiger charge is -2.20. The predicted octanol–water partition coefficient (Wildman–Crippen LogP) is 9.50. The van der Waals surface area contributed by atoms with Crippen LogP contribution in [0.4, 0.5) is 0 Å². The lowest BCUT2D eigenvalue weighted by molar-refractivity contribution is -0.161. The Balaban J connectivity index is 4.83. The van der Waals surface area contributed by atoms with Crippen molar-refractivity contribution in [1.82, 2.24) is 0 Å². The van der Waals surface area contributed by atoms with Gasteiger partial charge in [0.1, 0.15) is 12.7 Å². The summed E-state index contributed by atoms with van der Waals surface area (Å²) in [5, 5.41) is 30.4. The Morgan fingerprint density at radius 3 is 1.60 bits per heavy atom. The molecule has 0 heterocycles. The first-order valence-electron chi connectivity index (χ1n) is 22.4. The molecule has 0 radical (unpaired) electrons. The number of phosphoric acid groups is 2. The van der Waals surface area contributed by atoms with Gasteiger partial charge in [0.05, 0.1) is 32.0 Å². The van der Waals surface area contributed by atoms with Gasteiger partial charge in [-0.2, -0.15) is 0 Å². The number of hydrogen-bond acceptors (Lipinski definition) is 12. The minimum absolute atomic E-state index is 0.00575. The molecule has 362 valence electrons. The van der Waals surface area contributed by atoms with E-state index in [0.717, 1.165) is 38.5 Å². The van der Waals surface area contributed by atoms with Gasteiger partial charge in [-0.3, -0.25) is 23.2 Å². The minimum Gasteiger partial charge on any atom is -0.462 e. The fraction of sp³-hybridized carbons (Fsp3) is 0.652. The van der Waals surface area contributed by atoms with Crippen molar-refractivity contribution in [2.75, 3.05) is 26.4 Å². The first-order chi connectivity index (χ1) is 30.2. The standard InChI is InChI=1S/C46H78O15P2/c1-3-5-7-9-11-13-15-17-18-19-20-21-23-25-27-29-31-35-46(51)61-42(40-60-63(55,56)59-38-41(47)37-58-62(52,53)54)39-57-45(50)36-32-34-44(49)43(48)33-30-28-26-24-22-16-14-12-10-8-6-4-2/h6,8,12,14,17-18,20-22,24-25,27-28,30,41-44,47-49H,3-5,7,9-11,13,15-16,19,23,26,29,31-40H2,1-2H3,(H,55,56)(H2,52,53,54)/b8-6-,14-12-,18-17-,21-20-,24-22-,27-25-,30-28-/t41-,42+,43-,44-/m0/s1. The molecule has 0 aliphatic carbocycles. The number of rotatable bonds is 41. The zero-order valence-corrected chi connectivity index (χ0v) is 39.4. The summed E-state index contributed by atoms with van der Waals surface area (Å²) < 4.78 is 47.5. The number of esters is 2. The Bertz CT molecular complexity index is 1470. The van der Waals surface area contributed by atoms with E-state index in [9.17, 15) is 38.9 Å². The van der Waals surface area contributed by atoms with E-state index >= 15 is 0 Å². The number of allylic oxidation sites excluding steroid dienone is 13. The molecule has 0 saturated heterocycles. The van der Waals surface area contributed by atoms with E-state index in [-0.39, 0.29) is 32.1 Å². The van der Waals surface area contributed by atoms with Crippen LogP contribution >= 0.6 is 15.6 Å². The van der Waals surface area contributed by atoms with Gasteiger partial charge in [-0.15, -0.1) is 0 Å². The lowest BCUT2D eigenvalue weighted by atomic mass is 10.0. The Morgan fingerprint density at radius 1 is 0.524 bits per heavy atom. The van der Waals surface area contributed by atoms with Crippen LogP contribution in [0.1, 0.15) is 142 Å². The molecule has 0 aliphatic rings. The van der Waals surface area contributed by atoms with E-state index in [1.165, 1.54) is 38.5 Å². The van der Waals surface area contributed by atoms with Crippen LogP contribution in [0.2, 0.25) is 0 Å². The highest BCUT2D eigenvalue weighted by atomic mass is 31.2. The second-order valence-electron chi connectivity index (χ2n) is 14.9. The molecule has 0 fully saturated rings. The summed E-state index contributed by atoms with van der Waals surface area (Å²) in [4.78, 5) is 52.8. The average molecular weight is 933 g/mol. The van der Waals surface area contributed by atoms with Gasteiger partial charge in [-0.05, 0) is 83.5 Å². The monoisotopic (exact) mass is 932 g/mol. The number of carbonyl (C=O) groups excluding carboxylic acids is 2. The van der Waals surface area contributed by atoms with E-state index < -0.39 is 78.4 Å². The van der Waals surface area contributed by atoms with E-state index in [1.807, 2.05) is 24.3 Å². The highest BCUT2D eigenvalue weighted by Gasteiger charge is 2.28. The highest BCUT2D eigenvalue weighted by molar-refractivity contribution is 7.47. The quantitative estimate of drug-likeness (QED) is 0.0145. The molecule has 5 atom stereocenters. The summed E-state index contributed by atoms with van der Waals surface area (Å²) in [7, 11) is -9.80. The Labute approximate surface area is 376 Å². The van der Waals surface area contributed by atoms with Gasteiger partial charge in [0.2, 0.25) is 0 Å². The number of phosphoric ester groups is 2. The molecule has 15 nitrogen and oxygen atoms in total. The van der Waals surface area contributed by atoms with E-state index in [2.05, 4.69) is 77.6 Å². The first kappa shape index (κ1) is 60.2. The largest absolute Gasteiger partial charge is 0.472 e. The first-order valence-corrected chi connectivity index (χ1v) is 25.5. The average Bonchev–Trinajstić information content (AvgIpc) is 3.24. The van der Waals surface area contributed by atoms with Crippen molar-refractivity contribution in [2.45, 2.75) is 167 Å². The minimum atomic E-state index is -4.90. The molecule has 63 heavy (non-hydrogen) atoms. The van der Waals surface area contributed by atoms with Gasteiger partial charge in [0, 0.05) is 12.8 Å². The van der Waals surface area contributed by atoms with E-state index in [0.29, 0.717) is 19.3 Å². The molecular weight excluding hydrogens is 854 g/mol. The van der Waals surface area contributed by atoms with Crippen molar-refractivity contribution in [3.05, 3.63) is 85.1 Å². The molecule has 0 aromatic carbocycles. The topological polar surface area (TPSA) is 236 Å². The molecule has 0 aromatic heterocycles. The number of unbranched alkanes of at least 4 members (excludes halogenated alkanes) is 7. The van der Waals surface area contributed by atoms with Crippen molar-refractivity contribution in [2.24, 2.45) is 0 Å². The third-order valence-corrected chi connectivity index (χ3v) is 10.4. The zero-order chi connectivity index (χ0) is 46.9. The maximum absolute atomic E-state index is 12.7. The number of carbonyl (C=O) groups is 2. The second-order valence-corrected chi connectivity index (χ2v) is 17.6. The normalized spacial score (nSPS) is 15.7. The summed E-state index contributed by atoms with van der Waals surface area (Å²) in [6.45, 7) is 1.24. The van der Waals surface area contributed by atoms with Crippen molar-refractivity contribution in [3.8, 4) is 0 Å². The van der Waals surface area contributed by atoms with Crippen LogP contribution in [-0.2, 0) is 41.8 Å². The van der Waals surface area contributed by atoms with Crippen molar-refractivity contribution < 1.29 is 71.8 Å². The molecule has 6 N–H and O–H groups in total. The summed E-state index contributed by atoms with van der Waals surface area (Å²) in [5.74, 6) is -1.39. The molecule has 0 saturated carbocycles. The van der Waals surface area contributed by atoms with Crippen LogP contribution in [0.15, 0.2) is 85.1 Å². The zero-order valence-electron chi connectivity index (χ0n) is 37.6. The molecule has 17 heteroatoms. The Kier molecular flexibility index (Phi) is 38.9. The van der Waals surface area contributed by atoms with E-state index in [4.69, 9.17) is 23.8 Å². The predicted molar refractivity (Wildman–Crippen MR) is 246 cm³/mol. The Hall–Kier alpha value is -2.78. The maximum atomic E-state index is 12.7. The van der Waals surface area contributed by atoms with Gasteiger partial charge in [-0.1, -0.05) is 131 Å². The second kappa shape index (κ2) is 40.7. The Morgan fingerprint density at radius 2 is 1.02 bits per heavy atom. The van der Waals surface area contributed by atoms with Gasteiger partial charge >= 0.3 is 27.6 Å². The summed E-state index contributed by atoms with van der Waals surface area (Å²) >= 11 is 0. The van der Waals surface area contributed by atoms with Gasteiger partial charge in [0.15, 0.2) is 6.10 Å². The fourth-order valence-electron chi connectivity index (χ4n) is 5.45. The third kappa shape index (κ3) is 42.9. The van der Waals surface area contributed by atoms with Gasteiger partial charge in [-0.25, -0.2) is 9.13 Å². The van der Waals surface area contributed by atoms with Crippen molar-refractivity contribution in [1.29, 1.82) is 0 Å². The molecular formula is C46H78O15P2. The number of aliphatic hydroxyl groups excluding tert-OH is 3. The molecule has 0 bridgehead atoms. The summed E-state index contributed by atoms with van der Waals surface area (Å²) in [5.41, 5.74) is 0. The molecule has 0 spiro atoms. The van der Waals surface area contributed by atoms with Crippen LogP contribution in [0.3, 0.4) is 0 Å². The van der Waals surface area contributed by atoms with E-state index in [1.54, 1.807) is 6.08 Å². The van der Waals surface area contributed by atoms with Crippen LogP contribution < -0.4 is 0 Å². The number of aliphatic hydroxyl groups is 3. The molecule has 1 unspecified atom stereocenters. The molecule has 0 amide bonds. The smallest absolute Gasteiger partial charge is 0.462 e. The fourth-order valence-corrected chi connectivity index (χ4v) is 6.61. The van der Waals surface area contributed by atoms with Crippen LogP contribution in [0.25, 0.3) is 0 Å². The molecule has 0 rings (SSSR count). The summed E-state index contributed by atoms with van der Waals surface area (Å²) in [6, 6.07) is 0. The SMILES string of the molecule is CC/C=C\C/C=C\C/C=C\C/C=C\C[C@H](O)[C@@H](O)CCCC(=O)OC[C@H](COP(=O)(O)OC[C@@H](O)COP(=O)(O)O)OC(=O)CCC/C=C\C/C=C\C/C=C\CCCCCCCC. The van der Waals surface area contributed by atoms with Crippen molar-refractivity contribution >= 4 is 27.6 Å². The van der Waals surface area contributed by atoms with Gasteiger partial charge < -0.3 is 39.5 Å². The van der Waals surface area contributed by atoms with Crippen LogP contribution in [-0.4, -0.2) is 92.8 Å². The van der Waals surface area contributed by atoms with Gasteiger partial charge in [0.25, 0.3) is 0 Å². The lowest BCUT2D eigenvalue weighted by Crippen LogP contribution is -2.30.